The maximum atomic E-state index is 13.5. The van der Waals surface area contributed by atoms with Gasteiger partial charge in [0.25, 0.3) is 0 Å². The SMILES string of the molecule is COc1ccc(CN(C(=O)CN(c2ccc(Cl)c(C(F)(F)F)c2)S(C)(=O)=O)C(C)C(=O)NC(C)(C)C)cc1. The van der Waals surface area contributed by atoms with E-state index in [2.05, 4.69) is 5.32 Å². The van der Waals surface area contributed by atoms with Gasteiger partial charge in [-0.1, -0.05) is 23.7 Å². The van der Waals surface area contributed by atoms with Crippen LogP contribution < -0.4 is 14.4 Å². The zero-order valence-corrected chi connectivity index (χ0v) is 23.5. The summed E-state index contributed by atoms with van der Waals surface area (Å²) in [6, 6.07) is 8.20. The Labute approximate surface area is 225 Å². The summed E-state index contributed by atoms with van der Waals surface area (Å²) >= 11 is 5.68. The number of alkyl halides is 3. The number of nitrogens with zero attached hydrogens (tertiary/aromatic N) is 2. The van der Waals surface area contributed by atoms with E-state index in [1.165, 1.54) is 18.9 Å². The Kier molecular flexibility index (Phi) is 9.71. The molecule has 0 heterocycles. The molecule has 8 nitrogen and oxygen atoms in total. The molecule has 0 aromatic heterocycles. The molecular weight excluding hydrogens is 547 g/mol. The van der Waals surface area contributed by atoms with Crippen molar-refractivity contribution < 1.29 is 35.9 Å². The number of benzene rings is 2. The first-order valence-electron chi connectivity index (χ1n) is 11.4. The van der Waals surface area contributed by atoms with Gasteiger partial charge in [0.05, 0.1) is 29.6 Å². The third-order valence-corrected chi connectivity index (χ3v) is 6.87. The van der Waals surface area contributed by atoms with Gasteiger partial charge in [-0.15, -0.1) is 0 Å². The van der Waals surface area contributed by atoms with E-state index in [4.69, 9.17) is 16.3 Å². The van der Waals surface area contributed by atoms with E-state index in [9.17, 15) is 31.2 Å². The average Bonchev–Trinajstić information content (AvgIpc) is 2.78. The minimum atomic E-state index is -4.85. The fourth-order valence-electron chi connectivity index (χ4n) is 3.48. The Hall–Kier alpha value is -2.99. The van der Waals surface area contributed by atoms with Crippen molar-refractivity contribution in [3.63, 3.8) is 0 Å². The van der Waals surface area contributed by atoms with E-state index < -0.39 is 62.4 Å². The molecule has 0 saturated carbocycles. The topological polar surface area (TPSA) is 96.0 Å². The van der Waals surface area contributed by atoms with Crippen molar-refractivity contribution in [1.82, 2.24) is 10.2 Å². The molecule has 0 aliphatic heterocycles. The maximum absolute atomic E-state index is 13.5. The van der Waals surface area contributed by atoms with Crippen LogP contribution in [0.5, 0.6) is 5.75 Å². The van der Waals surface area contributed by atoms with Crippen LogP contribution in [0, 0.1) is 0 Å². The van der Waals surface area contributed by atoms with E-state index in [1.54, 1.807) is 45.0 Å². The van der Waals surface area contributed by atoms with Crippen molar-refractivity contribution >= 4 is 39.1 Å². The van der Waals surface area contributed by atoms with E-state index in [0.717, 1.165) is 18.4 Å². The molecule has 2 aromatic carbocycles. The number of methoxy groups -OCH3 is 1. The molecular formula is C25H31ClF3N3O5S. The molecule has 0 radical (unpaired) electrons. The van der Waals surface area contributed by atoms with E-state index >= 15 is 0 Å². The molecule has 1 unspecified atom stereocenters. The summed E-state index contributed by atoms with van der Waals surface area (Å²) in [7, 11) is -2.73. The summed E-state index contributed by atoms with van der Waals surface area (Å²) < 4.78 is 71.2. The van der Waals surface area contributed by atoms with Crippen molar-refractivity contribution in [1.29, 1.82) is 0 Å². The number of carbonyl (C=O) groups is 2. The number of ether oxygens (including phenoxy) is 1. The standard InChI is InChI=1S/C25H31ClF3N3O5S/c1-16(23(34)30-24(2,3)4)31(14-17-7-10-19(37-5)11-8-17)22(33)15-32(38(6,35)36)18-9-12-21(26)20(13-18)25(27,28)29/h7-13,16H,14-15H2,1-6H3,(H,30,34). The van der Waals surface area contributed by atoms with Gasteiger partial charge in [0.2, 0.25) is 21.8 Å². The van der Waals surface area contributed by atoms with Crippen LogP contribution in [0.1, 0.15) is 38.8 Å². The van der Waals surface area contributed by atoms with Gasteiger partial charge in [0.15, 0.2) is 0 Å². The Balaban J connectivity index is 2.49. The molecule has 0 aliphatic rings. The fraction of sp³-hybridized carbons (Fsp3) is 0.440. The number of nitrogens with one attached hydrogen (secondary N) is 1. The van der Waals surface area contributed by atoms with Crippen LogP contribution in [-0.4, -0.2) is 56.6 Å². The molecule has 210 valence electrons. The number of hydrogen-bond donors (Lipinski definition) is 1. The molecule has 2 amide bonds. The zero-order chi connectivity index (χ0) is 29.1. The zero-order valence-electron chi connectivity index (χ0n) is 21.9. The van der Waals surface area contributed by atoms with Gasteiger partial charge in [0.1, 0.15) is 18.3 Å². The van der Waals surface area contributed by atoms with Crippen molar-refractivity contribution in [2.75, 3.05) is 24.2 Å². The van der Waals surface area contributed by atoms with Crippen LogP contribution in [0.2, 0.25) is 5.02 Å². The highest BCUT2D eigenvalue weighted by Gasteiger charge is 2.36. The maximum Gasteiger partial charge on any atom is 0.417 e. The van der Waals surface area contributed by atoms with Crippen LogP contribution in [0.3, 0.4) is 0 Å². The third kappa shape index (κ3) is 8.52. The molecule has 38 heavy (non-hydrogen) atoms. The number of halogens is 4. The van der Waals surface area contributed by atoms with Gasteiger partial charge in [-0.05, 0) is 63.6 Å². The van der Waals surface area contributed by atoms with Gasteiger partial charge >= 0.3 is 6.18 Å². The van der Waals surface area contributed by atoms with Crippen LogP contribution in [0.4, 0.5) is 18.9 Å². The molecule has 1 N–H and O–H groups in total. The lowest BCUT2D eigenvalue weighted by molar-refractivity contribution is -0.140. The molecule has 2 rings (SSSR count). The highest BCUT2D eigenvalue weighted by Crippen LogP contribution is 2.37. The number of sulfonamides is 1. The van der Waals surface area contributed by atoms with Gasteiger partial charge in [0, 0.05) is 12.1 Å². The highest BCUT2D eigenvalue weighted by atomic mass is 35.5. The van der Waals surface area contributed by atoms with Crippen LogP contribution in [-0.2, 0) is 32.3 Å². The van der Waals surface area contributed by atoms with Crippen molar-refractivity contribution in [3.05, 3.63) is 58.6 Å². The Morgan fingerprint density at radius 3 is 2.13 bits per heavy atom. The smallest absolute Gasteiger partial charge is 0.417 e. The lowest BCUT2D eigenvalue weighted by Gasteiger charge is -2.33. The van der Waals surface area contributed by atoms with Crippen LogP contribution >= 0.6 is 11.6 Å². The Morgan fingerprint density at radius 1 is 1.08 bits per heavy atom. The predicted octanol–water partition coefficient (Wildman–Crippen LogP) is 4.47. The summed E-state index contributed by atoms with van der Waals surface area (Å²) in [6.45, 7) is 5.85. The first-order valence-corrected chi connectivity index (χ1v) is 13.6. The largest absolute Gasteiger partial charge is 0.497 e. The molecule has 1 atom stereocenters. The number of rotatable bonds is 9. The number of carbonyl (C=O) groups excluding carboxylic acids is 2. The van der Waals surface area contributed by atoms with Crippen molar-refractivity contribution in [3.8, 4) is 5.75 Å². The summed E-state index contributed by atoms with van der Waals surface area (Å²) in [5.74, 6) is -0.723. The van der Waals surface area contributed by atoms with Gasteiger partial charge < -0.3 is 15.0 Å². The summed E-state index contributed by atoms with van der Waals surface area (Å²) in [5.41, 5.74) is -1.64. The normalized spacial score (nSPS) is 13.0. The van der Waals surface area contributed by atoms with Crippen molar-refractivity contribution in [2.45, 2.75) is 52.0 Å². The molecule has 0 spiro atoms. The molecule has 0 bridgehead atoms. The van der Waals surface area contributed by atoms with E-state index in [-0.39, 0.29) is 6.54 Å². The lowest BCUT2D eigenvalue weighted by Crippen LogP contribution is -2.54. The Bertz CT molecular complexity index is 1260. The molecule has 0 aliphatic carbocycles. The lowest BCUT2D eigenvalue weighted by atomic mass is 10.1. The first kappa shape index (κ1) is 31.2. The minimum Gasteiger partial charge on any atom is -0.497 e. The number of amides is 2. The second-order valence-corrected chi connectivity index (χ2v) is 12.0. The monoisotopic (exact) mass is 577 g/mol. The predicted molar refractivity (Wildman–Crippen MR) is 140 cm³/mol. The van der Waals surface area contributed by atoms with Gasteiger partial charge in [-0.25, -0.2) is 8.42 Å². The van der Waals surface area contributed by atoms with Gasteiger partial charge in [-0.3, -0.25) is 13.9 Å². The molecule has 0 fully saturated rings. The quantitative estimate of drug-likeness (QED) is 0.475. The minimum absolute atomic E-state index is 0.0758. The number of hydrogen-bond acceptors (Lipinski definition) is 5. The average molecular weight is 578 g/mol. The molecule has 2 aromatic rings. The summed E-state index contributed by atoms with van der Waals surface area (Å²) in [5, 5.41) is 2.16. The summed E-state index contributed by atoms with van der Waals surface area (Å²) in [4.78, 5) is 27.6. The van der Waals surface area contributed by atoms with E-state index in [1.807, 2.05) is 0 Å². The molecule has 13 heteroatoms. The highest BCUT2D eigenvalue weighted by molar-refractivity contribution is 7.92. The van der Waals surface area contributed by atoms with E-state index in [0.29, 0.717) is 21.7 Å². The fourth-order valence-corrected chi connectivity index (χ4v) is 4.55. The Morgan fingerprint density at radius 2 is 1.66 bits per heavy atom. The third-order valence-electron chi connectivity index (χ3n) is 5.40. The second kappa shape index (κ2) is 11.8. The molecule has 0 saturated heterocycles. The summed E-state index contributed by atoms with van der Waals surface area (Å²) in [6.07, 6.45) is -4.08. The first-order chi connectivity index (χ1) is 17.3. The number of anilines is 1. The van der Waals surface area contributed by atoms with Crippen LogP contribution in [0.25, 0.3) is 0 Å². The van der Waals surface area contributed by atoms with Crippen LogP contribution in [0.15, 0.2) is 42.5 Å². The van der Waals surface area contributed by atoms with Gasteiger partial charge in [-0.2, -0.15) is 13.2 Å². The van der Waals surface area contributed by atoms with Crippen molar-refractivity contribution in [2.24, 2.45) is 0 Å². The second-order valence-electron chi connectivity index (χ2n) is 9.72.